The van der Waals surface area contributed by atoms with Crippen LogP contribution in [0.25, 0.3) is 0 Å². The standard InChI is InChI=1S/C6H12S/c1-3-5-6(4-2)7-5/h5-6H,3-4H2,1-2H3/t5-,6+. The van der Waals surface area contributed by atoms with Gasteiger partial charge in [0, 0.05) is 10.5 Å². The van der Waals surface area contributed by atoms with Crippen LogP contribution in [-0.4, -0.2) is 10.5 Å². The average molecular weight is 116 g/mol. The highest BCUT2D eigenvalue weighted by Crippen LogP contribution is 2.45. The first-order valence-corrected chi connectivity index (χ1v) is 3.98. The van der Waals surface area contributed by atoms with E-state index in [1.165, 1.54) is 12.8 Å². The lowest BCUT2D eigenvalue weighted by Gasteiger charge is -1.81. The van der Waals surface area contributed by atoms with Gasteiger partial charge in [-0.3, -0.25) is 0 Å². The summed E-state index contributed by atoms with van der Waals surface area (Å²) >= 11 is 2.14. The van der Waals surface area contributed by atoms with Gasteiger partial charge in [-0.1, -0.05) is 13.8 Å². The fourth-order valence-electron chi connectivity index (χ4n) is 0.897. The fraction of sp³-hybridized carbons (Fsp3) is 1.00. The minimum atomic E-state index is 1.03. The minimum Gasteiger partial charge on any atom is -0.153 e. The van der Waals surface area contributed by atoms with Gasteiger partial charge in [-0.05, 0) is 12.8 Å². The Balaban J connectivity index is 2.06. The summed E-state index contributed by atoms with van der Waals surface area (Å²) in [5.74, 6) is 0. The summed E-state index contributed by atoms with van der Waals surface area (Å²) < 4.78 is 0. The topological polar surface area (TPSA) is 0 Å². The largest absolute Gasteiger partial charge is 0.153 e. The molecule has 0 radical (unpaired) electrons. The SMILES string of the molecule is CC[C@@H]1S[C@@H]1CC. The molecule has 0 N–H and O–H groups in total. The molecule has 7 heavy (non-hydrogen) atoms. The van der Waals surface area contributed by atoms with Crippen molar-refractivity contribution in [2.75, 3.05) is 0 Å². The third kappa shape index (κ3) is 1.12. The molecule has 1 aliphatic heterocycles. The van der Waals surface area contributed by atoms with E-state index in [4.69, 9.17) is 0 Å². The van der Waals surface area contributed by atoms with Crippen molar-refractivity contribution in [1.82, 2.24) is 0 Å². The molecule has 1 rings (SSSR count). The molecule has 2 atom stereocenters. The maximum atomic E-state index is 2.27. The van der Waals surface area contributed by atoms with Crippen molar-refractivity contribution in [3.63, 3.8) is 0 Å². The average Bonchev–Trinajstić information content (AvgIpc) is 2.43. The zero-order chi connectivity index (χ0) is 5.28. The van der Waals surface area contributed by atoms with Crippen molar-refractivity contribution in [1.29, 1.82) is 0 Å². The molecule has 1 aliphatic rings. The van der Waals surface area contributed by atoms with Crippen LogP contribution in [0.5, 0.6) is 0 Å². The number of thioether (sulfide) groups is 1. The van der Waals surface area contributed by atoms with Gasteiger partial charge in [-0.25, -0.2) is 0 Å². The molecule has 0 bridgehead atoms. The van der Waals surface area contributed by atoms with E-state index < -0.39 is 0 Å². The summed E-state index contributed by atoms with van der Waals surface area (Å²) in [5, 5.41) is 2.06. The van der Waals surface area contributed by atoms with Gasteiger partial charge in [0.05, 0.1) is 0 Å². The Morgan fingerprint density at radius 1 is 1.14 bits per heavy atom. The lowest BCUT2D eigenvalue weighted by Crippen LogP contribution is -1.87. The molecule has 0 aromatic carbocycles. The van der Waals surface area contributed by atoms with E-state index in [2.05, 4.69) is 25.6 Å². The first-order chi connectivity index (χ1) is 3.38. The van der Waals surface area contributed by atoms with Crippen LogP contribution in [0.3, 0.4) is 0 Å². The second kappa shape index (κ2) is 2.08. The first-order valence-electron chi connectivity index (χ1n) is 3.04. The van der Waals surface area contributed by atoms with Crippen LogP contribution >= 0.6 is 11.8 Å². The van der Waals surface area contributed by atoms with E-state index in [1.807, 2.05) is 0 Å². The summed E-state index contributed by atoms with van der Waals surface area (Å²) in [4.78, 5) is 0. The normalized spacial score (nSPS) is 38.6. The predicted molar refractivity (Wildman–Crippen MR) is 35.7 cm³/mol. The van der Waals surface area contributed by atoms with Gasteiger partial charge in [-0.2, -0.15) is 11.8 Å². The zero-order valence-corrected chi connectivity index (χ0v) is 5.79. The van der Waals surface area contributed by atoms with Crippen molar-refractivity contribution in [3.05, 3.63) is 0 Å². The number of hydrogen-bond donors (Lipinski definition) is 0. The molecular formula is C6H12S. The molecule has 1 fully saturated rings. The molecule has 0 aliphatic carbocycles. The van der Waals surface area contributed by atoms with Crippen LogP contribution in [0.15, 0.2) is 0 Å². The van der Waals surface area contributed by atoms with E-state index in [1.54, 1.807) is 0 Å². The maximum absolute atomic E-state index is 2.27. The van der Waals surface area contributed by atoms with E-state index in [-0.39, 0.29) is 0 Å². The molecular weight excluding hydrogens is 104 g/mol. The molecule has 0 spiro atoms. The highest BCUT2D eigenvalue weighted by atomic mass is 32.2. The Bertz CT molecular complexity index is 53.2. The summed E-state index contributed by atoms with van der Waals surface area (Å²) in [6.45, 7) is 4.54. The van der Waals surface area contributed by atoms with Crippen LogP contribution in [0.2, 0.25) is 0 Å². The minimum absolute atomic E-state index is 1.03. The highest BCUT2D eigenvalue weighted by molar-refractivity contribution is 8.07. The maximum Gasteiger partial charge on any atom is 0.0167 e. The Morgan fingerprint density at radius 2 is 1.57 bits per heavy atom. The Morgan fingerprint density at radius 3 is 1.71 bits per heavy atom. The van der Waals surface area contributed by atoms with Gasteiger partial charge < -0.3 is 0 Å². The van der Waals surface area contributed by atoms with E-state index in [0.29, 0.717) is 0 Å². The van der Waals surface area contributed by atoms with Crippen molar-refractivity contribution < 1.29 is 0 Å². The van der Waals surface area contributed by atoms with Gasteiger partial charge >= 0.3 is 0 Å². The monoisotopic (exact) mass is 116 g/mol. The van der Waals surface area contributed by atoms with Gasteiger partial charge in [0.25, 0.3) is 0 Å². The number of rotatable bonds is 2. The van der Waals surface area contributed by atoms with Crippen molar-refractivity contribution >= 4 is 11.8 Å². The molecule has 1 heterocycles. The van der Waals surface area contributed by atoms with E-state index in [0.717, 1.165) is 10.5 Å². The quantitative estimate of drug-likeness (QED) is 0.499. The second-order valence-electron chi connectivity index (χ2n) is 2.03. The summed E-state index contributed by atoms with van der Waals surface area (Å²) in [5.41, 5.74) is 0. The molecule has 42 valence electrons. The van der Waals surface area contributed by atoms with Crippen LogP contribution in [-0.2, 0) is 0 Å². The molecule has 0 saturated carbocycles. The first kappa shape index (κ1) is 5.49. The van der Waals surface area contributed by atoms with Crippen LogP contribution in [0.4, 0.5) is 0 Å². The molecule has 0 amide bonds. The summed E-state index contributed by atoms with van der Waals surface area (Å²) in [6.07, 6.45) is 2.76. The van der Waals surface area contributed by atoms with Crippen molar-refractivity contribution in [2.45, 2.75) is 37.2 Å². The van der Waals surface area contributed by atoms with Crippen molar-refractivity contribution in [2.24, 2.45) is 0 Å². The van der Waals surface area contributed by atoms with Crippen LogP contribution in [0, 0.1) is 0 Å². The summed E-state index contributed by atoms with van der Waals surface area (Å²) in [7, 11) is 0. The van der Waals surface area contributed by atoms with Crippen LogP contribution < -0.4 is 0 Å². The van der Waals surface area contributed by atoms with E-state index in [9.17, 15) is 0 Å². The molecule has 1 heteroatoms. The lowest BCUT2D eigenvalue weighted by molar-refractivity contribution is 0.817. The van der Waals surface area contributed by atoms with Gasteiger partial charge in [0.1, 0.15) is 0 Å². The Kier molecular flexibility index (Phi) is 1.63. The van der Waals surface area contributed by atoms with Crippen LogP contribution in [0.1, 0.15) is 26.7 Å². The second-order valence-corrected chi connectivity index (χ2v) is 3.51. The van der Waals surface area contributed by atoms with Gasteiger partial charge in [0.2, 0.25) is 0 Å². The molecule has 0 aromatic rings. The Labute approximate surface area is 49.7 Å². The lowest BCUT2D eigenvalue weighted by atomic mass is 10.2. The number of hydrogen-bond acceptors (Lipinski definition) is 1. The molecule has 1 saturated heterocycles. The third-order valence-electron chi connectivity index (χ3n) is 1.49. The Hall–Kier alpha value is 0.350. The van der Waals surface area contributed by atoms with Crippen molar-refractivity contribution in [3.8, 4) is 0 Å². The predicted octanol–water partition coefficient (Wildman–Crippen LogP) is 2.29. The third-order valence-corrected chi connectivity index (χ3v) is 3.20. The molecule has 0 unspecified atom stereocenters. The smallest absolute Gasteiger partial charge is 0.0167 e. The van der Waals surface area contributed by atoms with Gasteiger partial charge in [-0.15, -0.1) is 0 Å². The molecule has 0 nitrogen and oxygen atoms in total. The summed E-state index contributed by atoms with van der Waals surface area (Å²) in [6, 6.07) is 0. The van der Waals surface area contributed by atoms with E-state index >= 15 is 0 Å². The fourth-order valence-corrected chi connectivity index (χ4v) is 2.03. The highest BCUT2D eigenvalue weighted by Gasteiger charge is 2.33. The van der Waals surface area contributed by atoms with Gasteiger partial charge in [0.15, 0.2) is 0 Å². The zero-order valence-electron chi connectivity index (χ0n) is 4.98. The molecule has 0 aromatic heterocycles.